The molecule has 21 heavy (non-hydrogen) atoms. The molecule has 0 aromatic carbocycles. The maximum atomic E-state index is 11.5. The Bertz CT molecular complexity index is 503. The second-order valence-electron chi connectivity index (χ2n) is 4.14. The summed E-state index contributed by atoms with van der Waals surface area (Å²) in [4.78, 5) is 37.2. The van der Waals surface area contributed by atoms with Crippen LogP contribution in [0.25, 0.3) is 0 Å². The van der Waals surface area contributed by atoms with E-state index < -0.39 is 12.0 Å². The molecule has 0 unspecified atom stereocenters. The Balaban J connectivity index is 2.18. The van der Waals surface area contributed by atoms with Gasteiger partial charge in [-0.05, 0) is 6.42 Å². The van der Waals surface area contributed by atoms with Gasteiger partial charge in [-0.1, -0.05) is 6.92 Å². The Morgan fingerprint density at radius 3 is 2.62 bits per heavy atom. The fourth-order valence-electron chi connectivity index (χ4n) is 1.35. The first-order valence-corrected chi connectivity index (χ1v) is 7.37. The monoisotopic (exact) mass is 314 g/mol. The highest BCUT2D eigenvalue weighted by molar-refractivity contribution is 7.09. The van der Waals surface area contributed by atoms with Gasteiger partial charge in [-0.25, -0.2) is 14.6 Å². The zero-order chi connectivity index (χ0) is 15.7. The smallest absolute Gasteiger partial charge is 0.355 e. The van der Waals surface area contributed by atoms with Crippen molar-refractivity contribution in [1.82, 2.24) is 20.9 Å². The average Bonchev–Trinajstić information content (AvgIpc) is 2.92. The van der Waals surface area contributed by atoms with Crippen LogP contribution in [-0.4, -0.2) is 41.1 Å². The van der Waals surface area contributed by atoms with E-state index in [1.165, 1.54) is 5.38 Å². The van der Waals surface area contributed by atoms with E-state index >= 15 is 0 Å². The van der Waals surface area contributed by atoms with Gasteiger partial charge in [0.15, 0.2) is 5.69 Å². The number of carboxylic acids is 1. The van der Waals surface area contributed by atoms with Crippen molar-refractivity contribution in [3.05, 3.63) is 16.1 Å². The molecule has 0 fully saturated rings. The zero-order valence-corrected chi connectivity index (χ0v) is 12.5. The summed E-state index contributed by atoms with van der Waals surface area (Å²) in [5.74, 6) is -1.21. The van der Waals surface area contributed by atoms with Crippen LogP contribution in [0.4, 0.5) is 4.79 Å². The topological polar surface area (TPSA) is 120 Å². The van der Waals surface area contributed by atoms with Crippen molar-refractivity contribution in [3.8, 4) is 0 Å². The van der Waals surface area contributed by atoms with Gasteiger partial charge in [0, 0.05) is 24.9 Å². The van der Waals surface area contributed by atoms with Crippen LogP contribution in [0, 0.1) is 0 Å². The number of aromatic nitrogens is 1. The molecule has 3 amide bonds. The molecule has 0 atom stereocenters. The molecule has 4 N–H and O–H groups in total. The highest BCUT2D eigenvalue weighted by Crippen LogP contribution is 2.09. The molecule has 0 radical (unpaired) electrons. The van der Waals surface area contributed by atoms with Gasteiger partial charge in [-0.3, -0.25) is 4.79 Å². The van der Waals surface area contributed by atoms with Crippen LogP contribution in [0.5, 0.6) is 0 Å². The van der Waals surface area contributed by atoms with Crippen molar-refractivity contribution in [2.75, 3.05) is 13.1 Å². The number of amides is 3. The molecule has 1 aromatic rings. The molecule has 1 rings (SSSR count). The highest BCUT2D eigenvalue weighted by Gasteiger charge is 2.09. The third-order valence-electron chi connectivity index (χ3n) is 2.38. The molecule has 116 valence electrons. The molecular weight excluding hydrogens is 296 g/mol. The first-order chi connectivity index (χ1) is 10.0. The largest absolute Gasteiger partial charge is 0.476 e. The average molecular weight is 314 g/mol. The van der Waals surface area contributed by atoms with Crippen molar-refractivity contribution in [2.24, 2.45) is 0 Å². The van der Waals surface area contributed by atoms with Crippen LogP contribution in [-0.2, 0) is 11.3 Å². The lowest BCUT2D eigenvalue weighted by Gasteiger charge is -2.06. The van der Waals surface area contributed by atoms with Gasteiger partial charge in [0.25, 0.3) is 0 Å². The van der Waals surface area contributed by atoms with Gasteiger partial charge in [-0.15, -0.1) is 11.3 Å². The number of carbonyl (C=O) groups excluding carboxylic acids is 2. The molecule has 0 aliphatic heterocycles. The van der Waals surface area contributed by atoms with Crippen molar-refractivity contribution in [1.29, 1.82) is 0 Å². The Kier molecular flexibility index (Phi) is 7.16. The van der Waals surface area contributed by atoms with Crippen LogP contribution in [0.1, 0.15) is 35.3 Å². The number of nitrogens with zero attached hydrogens (tertiary/aromatic N) is 1. The molecule has 0 saturated carbocycles. The normalized spacial score (nSPS) is 9.95. The maximum Gasteiger partial charge on any atom is 0.355 e. The van der Waals surface area contributed by atoms with Gasteiger partial charge >= 0.3 is 12.0 Å². The zero-order valence-electron chi connectivity index (χ0n) is 11.6. The van der Waals surface area contributed by atoms with E-state index in [0.717, 1.165) is 17.8 Å². The lowest BCUT2D eigenvalue weighted by atomic mass is 10.4. The van der Waals surface area contributed by atoms with Crippen molar-refractivity contribution >= 4 is 29.2 Å². The van der Waals surface area contributed by atoms with E-state index in [-0.39, 0.29) is 31.1 Å². The number of hydrogen-bond acceptors (Lipinski definition) is 5. The van der Waals surface area contributed by atoms with Gasteiger partial charge in [0.05, 0.1) is 6.54 Å². The maximum absolute atomic E-state index is 11.5. The van der Waals surface area contributed by atoms with Crippen LogP contribution >= 0.6 is 11.3 Å². The Morgan fingerprint density at radius 1 is 1.24 bits per heavy atom. The van der Waals surface area contributed by atoms with Crippen molar-refractivity contribution in [2.45, 2.75) is 26.3 Å². The van der Waals surface area contributed by atoms with Crippen molar-refractivity contribution < 1.29 is 19.5 Å². The predicted octanol–water partition coefficient (Wildman–Crippen LogP) is 0.557. The first-order valence-electron chi connectivity index (χ1n) is 6.49. The van der Waals surface area contributed by atoms with E-state index in [1.54, 1.807) is 0 Å². The van der Waals surface area contributed by atoms with E-state index in [0.29, 0.717) is 11.6 Å². The number of urea groups is 1. The molecule has 1 heterocycles. The standard InChI is InChI=1S/C12H18N4O4S/c1-2-4-13-9(17)3-5-14-12(20)15-6-10-16-8(7-21-10)11(18)19/h7H,2-6H2,1H3,(H,13,17)(H,18,19)(H2,14,15,20). The lowest BCUT2D eigenvalue weighted by Crippen LogP contribution is -2.37. The van der Waals surface area contributed by atoms with Crippen LogP contribution in [0.3, 0.4) is 0 Å². The summed E-state index contributed by atoms with van der Waals surface area (Å²) in [6.45, 7) is 2.97. The first kappa shape index (κ1) is 16.9. The summed E-state index contributed by atoms with van der Waals surface area (Å²) in [5.41, 5.74) is -0.0372. The van der Waals surface area contributed by atoms with E-state index in [1.807, 2.05) is 6.92 Å². The van der Waals surface area contributed by atoms with Gasteiger partial charge in [0.2, 0.25) is 5.91 Å². The van der Waals surface area contributed by atoms with E-state index in [2.05, 4.69) is 20.9 Å². The number of rotatable bonds is 8. The Labute approximate surface area is 126 Å². The molecule has 9 heteroatoms. The summed E-state index contributed by atoms with van der Waals surface area (Å²) in [6.07, 6.45) is 1.08. The fourth-order valence-corrected chi connectivity index (χ4v) is 2.06. The van der Waals surface area contributed by atoms with Crippen LogP contribution in [0.15, 0.2) is 5.38 Å². The summed E-state index contributed by atoms with van der Waals surface area (Å²) < 4.78 is 0. The number of thiazole rings is 1. The minimum absolute atomic E-state index is 0.0372. The Hall–Kier alpha value is -2.16. The summed E-state index contributed by atoms with van der Waals surface area (Å²) in [5, 5.41) is 18.4. The number of aromatic carboxylic acids is 1. The number of nitrogens with one attached hydrogen (secondary N) is 3. The predicted molar refractivity (Wildman–Crippen MR) is 77.2 cm³/mol. The second kappa shape index (κ2) is 8.90. The van der Waals surface area contributed by atoms with Crippen LogP contribution < -0.4 is 16.0 Å². The number of carbonyl (C=O) groups is 3. The molecule has 0 spiro atoms. The molecule has 0 aliphatic rings. The highest BCUT2D eigenvalue weighted by atomic mass is 32.1. The van der Waals surface area contributed by atoms with E-state index in [4.69, 9.17) is 5.11 Å². The number of carboxylic acid groups (broad SMARTS) is 1. The third-order valence-corrected chi connectivity index (χ3v) is 3.23. The quantitative estimate of drug-likeness (QED) is 0.558. The van der Waals surface area contributed by atoms with Crippen LogP contribution in [0.2, 0.25) is 0 Å². The Morgan fingerprint density at radius 2 is 2.00 bits per heavy atom. The minimum Gasteiger partial charge on any atom is -0.476 e. The molecule has 0 saturated heterocycles. The minimum atomic E-state index is -1.10. The van der Waals surface area contributed by atoms with Crippen molar-refractivity contribution in [3.63, 3.8) is 0 Å². The summed E-state index contributed by atoms with van der Waals surface area (Å²) in [6, 6.07) is -0.426. The number of hydrogen-bond donors (Lipinski definition) is 4. The summed E-state index contributed by atoms with van der Waals surface area (Å²) >= 11 is 1.16. The fraction of sp³-hybridized carbons (Fsp3) is 0.500. The SMILES string of the molecule is CCCNC(=O)CCNC(=O)NCc1nc(C(=O)O)cs1. The van der Waals surface area contributed by atoms with E-state index in [9.17, 15) is 14.4 Å². The van der Waals surface area contributed by atoms with Gasteiger partial charge in [-0.2, -0.15) is 0 Å². The van der Waals surface area contributed by atoms with Gasteiger partial charge < -0.3 is 21.1 Å². The molecule has 0 bridgehead atoms. The second-order valence-corrected chi connectivity index (χ2v) is 5.08. The molecule has 0 aliphatic carbocycles. The molecule has 1 aromatic heterocycles. The summed E-state index contributed by atoms with van der Waals surface area (Å²) in [7, 11) is 0. The molecular formula is C12H18N4O4S. The molecule has 8 nitrogen and oxygen atoms in total. The van der Waals surface area contributed by atoms with Gasteiger partial charge in [0.1, 0.15) is 5.01 Å². The lowest BCUT2D eigenvalue weighted by molar-refractivity contribution is -0.120. The third kappa shape index (κ3) is 6.70.